The Morgan fingerprint density at radius 2 is 1.32 bits per heavy atom. The van der Waals surface area contributed by atoms with Crippen molar-refractivity contribution in [2.75, 3.05) is 54.6 Å². The lowest BCUT2D eigenvalue weighted by Crippen LogP contribution is -3.27. The van der Waals surface area contributed by atoms with Crippen LogP contribution in [0.5, 0.6) is 23.0 Å². The van der Waals surface area contributed by atoms with Gasteiger partial charge in [0.25, 0.3) is 0 Å². The summed E-state index contributed by atoms with van der Waals surface area (Å²) in [6, 6.07) is 12.1. The maximum atomic E-state index is 5.59. The summed E-state index contributed by atoms with van der Waals surface area (Å²) in [7, 11) is 6.82. The first kappa shape index (κ1) is 20.3. The average Bonchev–Trinajstić information content (AvgIpc) is 2.74. The Kier molecular flexibility index (Phi) is 7.01. The molecule has 2 aromatic carbocycles. The lowest BCUT2D eigenvalue weighted by Gasteiger charge is -2.30. The van der Waals surface area contributed by atoms with Crippen LogP contribution in [0.3, 0.4) is 0 Å². The molecule has 0 saturated carbocycles. The van der Waals surface area contributed by atoms with Crippen LogP contribution < -0.4 is 28.7 Å². The summed E-state index contributed by atoms with van der Waals surface area (Å²) >= 11 is 0. The summed E-state index contributed by atoms with van der Waals surface area (Å²) in [5.41, 5.74) is 2.41. The predicted octanol–water partition coefficient (Wildman–Crippen LogP) is 0.205. The lowest BCUT2D eigenvalue weighted by atomic mass is 10.1. The van der Waals surface area contributed by atoms with E-state index in [0.717, 1.165) is 62.3 Å². The molecule has 6 heteroatoms. The number of ether oxygens (including phenoxy) is 4. The molecule has 0 radical (unpaired) electrons. The van der Waals surface area contributed by atoms with E-state index in [1.807, 2.05) is 24.3 Å². The fourth-order valence-corrected chi connectivity index (χ4v) is 3.96. The Morgan fingerprint density at radius 1 is 0.679 bits per heavy atom. The summed E-state index contributed by atoms with van der Waals surface area (Å²) in [4.78, 5) is 3.15. The smallest absolute Gasteiger partial charge is 0.169 e. The van der Waals surface area contributed by atoms with Crippen LogP contribution in [-0.2, 0) is 13.1 Å². The Balaban J connectivity index is 1.60. The van der Waals surface area contributed by atoms with Gasteiger partial charge in [0.05, 0.1) is 39.6 Å². The van der Waals surface area contributed by atoms with E-state index < -0.39 is 0 Å². The molecule has 1 heterocycles. The third-order valence-corrected chi connectivity index (χ3v) is 5.52. The zero-order valence-corrected chi connectivity index (χ0v) is 17.3. The average molecular weight is 389 g/mol. The van der Waals surface area contributed by atoms with E-state index in [-0.39, 0.29) is 0 Å². The van der Waals surface area contributed by atoms with E-state index in [9.17, 15) is 0 Å². The zero-order chi connectivity index (χ0) is 19.9. The molecule has 1 fully saturated rings. The van der Waals surface area contributed by atoms with Gasteiger partial charge in [-0.1, -0.05) is 6.07 Å². The maximum absolute atomic E-state index is 5.59. The molecular weight excluding hydrogens is 356 g/mol. The van der Waals surface area contributed by atoms with Crippen LogP contribution in [0.1, 0.15) is 11.1 Å². The first-order chi connectivity index (χ1) is 13.7. The SMILES string of the molecule is COc1ccc(OC)c(C[NH+]2CC[NH+](Cc3cccc(OC)c3OC)CC2)c1. The lowest BCUT2D eigenvalue weighted by molar-refractivity contribution is -1.02. The van der Waals surface area contributed by atoms with Crippen molar-refractivity contribution < 1.29 is 28.7 Å². The van der Waals surface area contributed by atoms with E-state index in [2.05, 4.69) is 12.1 Å². The van der Waals surface area contributed by atoms with Gasteiger partial charge in [0.2, 0.25) is 0 Å². The number of para-hydroxylation sites is 1. The standard InChI is InChI=1S/C22H30N2O4/c1-25-19-8-9-20(26-2)18(14-19)16-24-12-10-23(11-13-24)15-17-6-5-7-21(27-3)22(17)28-4/h5-9,14H,10-13,15-16H2,1-4H3/p+2. The van der Waals surface area contributed by atoms with E-state index in [1.54, 1.807) is 38.2 Å². The molecule has 0 bridgehead atoms. The van der Waals surface area contributed by atoms with Crippen LogP contribution in [0.4, 0.5) is 0 Å². The van der Waals surface area contributed by atoms with Crippen LogP contribution >= 0.6 is 0 Å². The largest absolute Gasteiger partial charge is 0.497 e. The molecule has 0 atom stereocenters. The number of hydrogen-bond acceptors (Lipinski definition) is 4. The van der Waals surface area contributed by atoms with Crippen molar-refractivity contribution >= 4 is 0 Å². The third-order valence-electron chi connectivity index (χ3n) is 5.52. The number of quaternary nitrogens is 2. The monoisotopic (exact) mass is 388 g/mol. The molecule has 152 valence electrons. The Morgan fingerprint density at radius 3 is 1.89 bits per heavy atom. The van der Waals surface area contributed by atoms with E-state index in [4.69, 9.17) is 18.9 Å². The molecule has 1 aliphatic rings. The van der Waals surface area contributed by atoms with Crippen molar-refractivity contribution in [3.8, 4) is 23.0 Å². The van der Waals surface area contributed by atoms with Gasteiger partial charge in [0, 0.05) is 0 Å². The molecule has 0 spiro atoms. The minimum atomic E-state index is 0.800. The minimum Gasteiger partial charge on any atom is -0.497 e. The van der Waals surface area contributed by atoms with Crippen molar-refractivity contribution in [2.24, 2.45) is 0 Å². The normalized spacial score (nSPS) is 19.1. The molecule has 1 aliphatic heterocycles. The van der Waals surface area contributed by atoms with Crippen LogP contribution in [0, 0.1) is 0 Å². The molecule has 3 rings (SSSR count). The topological polar surface area (TPSA) is 45.8 Å². The quantitative estimate of drug-likeness (QED) is 0.679. The summed E-state index contributed by atoms with van der Waals surface area (Å²) in [5, 5.41) is 0. The molecule has 2 aromatic rings. The van der Waals surface area contributed by atoms with Crippen LogP contribution in [-0.4, -0.2) is 54.6 Å². The number of piperazine rings is 1. The first-order valence-corrected chi connectivity index (χ1v) is 9.76. The summed E-state index contributed by atoms with van der Waals surface area (Å²) in [6.07, 6.45) is 0. The molecule has 6 nitrogen and oxygen atoms in total. The second-order valence-corrected chi connectivity index (χ2v) is 7.18. The van der Waals surface area contributed by atoms with Gasteiger partial charge in [0.15, 0.2) is 11.5 Å². The van der Waals surface area contributed by atoms with Crippen molar-refractivity contribution in [3.63, 3.8) is 0 Å². The molecule has 1 saturated heterocycles. The van der Waals surface area contributed by atoms with Gasteiger partial charge >= 0.3 is 0 Å². The van der Waals surface area contributed by atoms with Gasteiger partial charge in [0.1, 0.15) is 50.8 Å². The van der Waals surface area contributed by atoms with Crippen molar-refractivity contribution in [1.82, 2.24) is 0 Å². The number of rotatable bonds is 8. The molecule has 0 amide bonds. The van der Waals surface area contributed by atoms with Crippen LogP contribution in [0.25, 0.3) is 0 Å². The second-order valence-electron chi connectivity index (χ2n) is 7.18. The first-order valence-electron chi connectivity index (χ1n) is 9.76. The third kappa shape index (κ3) is 4.69. The van der Waals surface area contributed by atoms with E-state index in [1.165, 1.54) is 11.1 Å². The molecule has 0 aromatic heterocycles. The highest BCUT2D eigenvalue weighted by molar-refractivity contribution is 5.46. The highest BCUT2D eigenvalue weighted by atomic mass is 16.5. The minimum absolute atomic E-state index is 0.800. The van der Waals surface area contributed by atoms with Crippen molar-refractivity contribution in [3.05, 3.63) is 47.5 Å². The highest BCUT2D eigenvalue weighted by Crippen LogP contribution is 2.30. The van der Waals surface area contributed by atoms with Gasteiger partial charge in [-0.25, -0.2) is 0 Å². The summed E-state index contributed by atoms with van der Waals surface area (Å²) in [6.45, 7) is 6.42. The number of nitrogens with one attached hydrogen (secondary N) is 2. The fourth-order valence-electron chi connectivity index (χ4n) is 3.96. The Hall–Kier alpha value is -2.44. The van der Waals surface area contributed by atoms with Gasteiger partial charge in [-0.3, -0.25) is 0 Å². The number of benzene rings is 2. The van der Waals surface area contributed by atoms with Crippen molar-refractivity contribution in [2.45, 2.75) is 13.1 Å². The van der Waals surface area contributed by atoms with Gasteiger partial charge in [-0.15, -0.1) is 0 Å². The molecule has 0 unspecified atom stereocenters. The van der Waals surface area contributed by atoms with E-state index in [0.29, 0.717) is 0 Å². The van der Waals surface area contributed by atoms with Crippen molar-refractivity contribution in [1.29, 1.82) is 0 Å². The summed E-state index contributed by atoms with van der Waals surface area (Å²) in [5.74, 6) is 3.47. The number of methoxy groups -OCH3 is 4. The van der Waals surface area contributed by atoms with Gasteiger partial charge < -0.3 is 28.7 Å². The fraction of sp³-hybridized carbons (Fsp3) is 0.455. The second kappa shape index (κ2) is 9.66. The number of hydrogen-bond donors (Lipinski definition) is 2. The Labute approximate surface area is 167 Å². The van der Waals surface area contributed by atoms with Crippen LogP contribution in [0.15, 0.2) is 36.4 Å². The predicted molar refractivity (Wildman–Crippen MR) is 108 cm³/mol. The zero-order valence-electron chi connectivity index (χ0n) is 17.3. The van der Waals surface area contributed by atoms with Gasteiger partial charge in [-0.2, -0.15) is 0 Å². The van der Waals surface area contributed by atoms with Crippen LogP contribution in [0.2, 0.25) is 0 Å². The molecular formula is C22H32N2O4+2. The Bertz CT molecular complexity index is 761. The summed E-state index contributed by atoms with van der Waals surface area (Å²) < 4.78 is 21.9. The molecule has 0 aliphatic carbocycles. The van der Waals surface area contributed by atoms with Gasteiger partial charge in [-0.05, 0) is 30.3 Å². The molecule has 2 N–H and O–H groups in total. The highest BCUT2D eigenvalue weighted by Gasteiger charge is 2.25. The molecule has 28 heavy (non-hydrogen) atoms. The van der Waals surface area contributed by atoms with E-state index >= 15 is 0 Å². The maximum Gasteiger partial charge on any atom is 0.169 e.